The third-order valence-corrected chi connectivity index (χ3v) is 5.42. The fraction of sp³-hybridized carbons (Fsp3) is 0.333. The van der Waals surface area contributed by atoms with Crippen LogP contribution in [0, 0.1) is 5.92 Å². The van der Waals surface area contributed by atoms with E-state index in [1.54, 1.807) is 10.4 Å². The highest BCUT2D eigenvalue weighted by molar-refractivity contribution is 8.01. The molecule has 0 aliphatic carbocycles. The number of anilines is 1. The number of amides is 2. The zero-order valence-electron chi connectivity index (χ0n) is 12.6. The molecule has 2 amide bonds. The second-order valence-corrected chi connectivity index (χ2v) is 7.31. The van der Waals surface area contributed by atoms with Gasteiger partial charge in [-0.15, -0.1) is 10.2 Å². The Hall–Kier alpha value is -1.93. The Bertz CT molecular complexity index is 688. The van der Waals surface area contributed by atoms with Crippen LogP contribution >= 0.6 is 23.1 Å². The lowest BCUT2D eigenvalue weighted by molar-refractivity contribution is -0.128. The average Bonchev–Trinajstić information content (AvgIpc) is 3.18. The van der Waals surface area contributed by atoms with Crippen LogP contribution in [0.5, 0.6) is 0 Å². The van der Waals surface area contributed by atoms with Gasteiger partial charge in [-0.3, -0.25) is 9.59 Å². The number of hydrogen-bond donors (Lipinski definition) is 1. The molecule has 1 unspecified atom stereocenters. The number of nitrogens with one attached hydrogen (secondary N) is 1. The number of aromatic nitrogens is 2. The van der Waals surface area contributed by atoms with Crippen molar-refractivity contribution in [2.24, 2.45) is 5.92 Å². The molecule has 2 heterocycles. The van der Waals surface area contributed by atoms with E-state index in [1.807, 2.05) is 31.2 Å². The molecule has 1 saturated heterocycles. The van der Waals surface area contributed by atoms with Gasteiger partial charge in [0, 0.05) is 30.1 Å². The molecule has 120 valence electrons. The van der Waals surface area contributed by atoms with Gasteiger partial charge in [-0.05, 0) is 31.2 Å². The van der Waals surface area contributed by atoms with E-state index in [0.29, 0.717) is 19.5 Å². The predicted molar refractivity (Wildman–Crippen MR) is 89.5 cm³/mol. The predicted octanol–water partition coefficient (Wildman–Crippen LogP) is 2.50. The maximum atomic E-state index is 12.3. The molecule has 0 spiro atoms. The van der Waals surface area contributed by atoms with Gasteiger partial charge in [0.25, 0.3) is 0 Å². The minimum absolute atomic E-state index is 0.0523. The molecule has 1 aromatic heterocycles. The molecule has 2 aromatic rings. The Morgan fingerprint density at radius 3 is 2.83 bits per heavy atom. The zero-order chi connectivity index (χ0) is 16.2. The molecule has 0 saturated carbocycles. The van der Waals surface area contributed by atoms with Crippen LogP contribution < -0.4 is 5.32 Å². The molecular formula is C15H16N4O2S2. The minimum Gasteiger partial charge on any atom is -0.342 e. The van der Waals surface area contributed by atoms with Crippen LogP contribution in [0.2, 0.25) is 0 Å². The van der Waals surface area contributed by atoms with Gasteiger partial charge in [0.05, 0.1) is 5.92 Å². The number of benzene rings is 1. The Balaban J connectivity index is 1.58. The fourth-order valence-corrected chi connectivity index (χ4v) is 3.86. The number of hydrogen-bond acceptors (Lipinski definition) is 6. The van der Waals surface area contributed by atoms with E-state index in [4.69, 9.17) is 0 Å². The Morgan fingerprint density at radius 2 is 2.22 bits per heavy atom. The lowest BCUT2D eigenvalue weighted by atomic mass is 10.1. The summed E-state index contributed by atoms with van der Waals surface area (Å²) in [6, 6.07) is 7.57. The summed E-state index contributed by atoms with van der Waals surface area (Å²) in [6.07, 6.45) is 0.296. The minimum atomic E-state index is -0.266. The van der Waals surface area contributed by atoms with Crippen molar-refractivity contribution in [3.05, 3.63) is 29.8 Å². The number of rotatable bonds is 5. The Morgan fingerprint density at radius 1 is 1.43 bits per heavy atom. The van der Waals surface area contributed by atoms with Gasteiger partial charge in [0.1, 0.15) is 5.51 Å². The molecule has 0 radical (unpaired) electrons. The Kier molecular flexibility index (Phi) is 4.92. The first kappa shape index (κ1) is 15.9. The standard InChI is InChI=1S/C15H16N4O2S2/c1-2-19-8-10(7-13(19)20)14(21)17-11-3-5-12(6-4-11)23-15-18-16-9-22-15/h3-6,9-10H,2,7-8H2,1H3,(H,17,21). The highest BCUT2D eigenvalue weighted by Gasteiger charge is 2.33. The van der Waals surface area contributed by atoms with Gasteiger partial charge in [-0.2, -0.15) is 0 Å². The number of likely N-dealkylation sites (tertiary alicyclic amines) is 1. The monoisotopic (exact) mass is 348 g/mol. The van der Waals surface area contributed by atoms with Crippen molar-refractivity contribution < 1.29 is 9.59 Å². The molecule has 1 aliphatic heterocycles. The number of carbonyl (C=O) groups is 2. The summed E-state index contributed by atoms with van der Waals surface area (Å²) in [4.78, 5) is 26.7. The van der Waals surface area contributed by atoms with Gasteiger partial charge in [0.15, 0.2) is 4.34 Å². The van der Waals surface area contributed by atoms with Crippen LogP contribution in [-0.2, 0) is 9.59 Å². The smallest absolute Gasteiger partial charge is 0.229 e. The van der Waals surface area contributed by atoms with Crippen LogP contribution in [0.1, 0.15) is 13.3 Å². The first-order valence-corrected chi connectivity index (χ1v) is 8.98. The van der Waals surface area contributed by atoms with Crippen molar-refractivity contribution in [3.63, 3.8) is 0 Å². The van der Waals surface area contributed by atoms with E-state index >= 15 is 0 Å². The first-order valence-electron chi connectivity index (χ1n) is 7.28. The summed E-state index contributed by atoms with van der Waals surface area (Å²) in [7, 11) is 0. The SMILES string of the molecule is CCN1CC(C(=O)Nc2ccc(Sc3nncs3)cc2)CC1=O. The molecule has 1 aromatic carbocycles. The summed E-state index contributed by atoms with van der Waals surface area (Å²) in [5.41, 5.74) is 2.43. The van der Waals surface area contributed by atoms with Crippen molar-refractivity contribution in [1.82, 2.24) is 15.1 Å². The molecule has 8 heteroatoms. The summed E-state index contributed by atoms with van der Waals surface area (Å²) in [5, 5.41) is 10.7. The third-order valence-electron chi connectivity index (χ3n) is 3.63. The summed E-state index contributed by atoms with van der Waals surface area (Å²) >= 11 is 3.02. The van der Waals surface area contributed by atoms with E-state index in [0.717, 1.165) is 14.9 Å². The highest BCUT2D eigenvalue weighted by Crippen LogP contribution is 2.29. The summed E-state index contributed by atoms with van der Waals surface area (Å²) in [5.74, 6) is -0.312. The van der Waals surface area contributed by atoms with Crippen molar-refractivity contribution in [1.29, 1.82) is 0 Å². The Labute approximate surface area is 142 Å². The van der Waals surface area contributed by atoms with Gasteiger partial charge < -0.3 is 10.2 Å². The van der Waals surface area contributed by atoms with Gasteiger partial charge in [-0.1, -0.05) is 23.1 Å². The van der Waals surface area contributed by atoms with Gasteiger partial charge in [-0.25, -0.2) is 0 Å². The average molecular weight is 348 g/mol. The molecule has 6 nitrogen and oxygen atoms in total. The van der Waals surface area contributed by atoms with E-state index in [1.165, 1.54) is 23.1 Å². The molecule has 0 bridgehead atoms. The van der Waals surface area contributed by atoms with Crippen LogP contribution in [-0.4, -0.2) is 40.0 Å². The highest BCUT2D eigenvalue weighted by atomic mass is 32.2. The molecule has 23 heavy (non-hydrogen) atoms. The van der Waals surface area contributed by atoms with Crippen LogP contribution in [0.15, 0.2) is 39.0 Å². The summed E-state index contributed by atoms with van der Waals surface area (Å²) in [6.45, 7) is 3.08. The van der Waals surface area contributed by atoms with Crippen molar-refractivity contribution in [2.45, 2.75) is 22.6 Å². The van der Waals surface area contributed by atoms with E-state index in [2.05, 4.69) is 15.5 Å². The molecular weight excluding hydrogens is 332 g/mol. The fourth-order valence-electron chi connectivity index (χ4n) is 2.41. The third kappa shape index (κ3) is 3.89. The van der Waals surface area contributed by atoms with Crippen molar-refractivity contribution in [3.8, 4) is 0 Å². The van der Waals surface area contributed by atoms with Crippen LogP contribution in [0.3, 0.4) is 0 Å². The number of carbonyl (C=O) groups excluding carboxylic acids is 2. The van der Waals surface area contributed by atoms with Crippen LogP contribution in [0.4, 0.5) is 5.69 Å². The molecule has 1 aliphatic rings. The maximum absolute atomic E-state index is 12.3. The summed E-state index contributed by atoms with van der Waals surface area (Å²) < 4.78 is 0.880. The topological polar surface area (TPSA) is 75.2 Å². The first-order chi connectivity index (χ1) is 11.2. The van der Waals surface area contributed by atoms with E-state index < -0.39 is 0 Å². The van der Waals surface area contributed by atoms with Gasteiger partial charge in [0.2, 0.25) is 11.8 Å². The second-order valence-electron chi connectivity index (χ2n) is 5.15. The second kappa shape index (κ2) is 7.10. The van der Waals surface area contributed by atoms with E-state index in [9.17, 15) is 9.59 Å². The maximum Gasteiger partial charge on any atom is 0.229 e. The quantitative estimate of drug-likeness (QED) is 0.898. The van der Waals surface area contributed by atoms with Gasteiger partial charge >= 0.3 is 0 Å². The van der Waals surface area contributed by atoms with Crippen molar-refractivity contribution >= 4 is 40.6 Å². The molecule has 3 rings (SSSR count). The lowest BCUT2D eigenvalue weighted by Gasteiger charge is -2.13. The molecule has 1 fully saturated rings. The largest absolute Gasteiger partial charge is 0.342 e. The molecule has 1 atom stereocenters. The van der Waals surface area contributed by atoms with Crippen molar-refractivity contribution in [2.75, 3.05) is 18.4 Å². The molecule has 1 N–H and O–H groups in total. The lowest BCUT2D eigenvalue weighted by Crippen LogP contribution is -2.28. The van der Waals surface area contributed by atoms with Crippen LogP contribution in [0.25, 0.3) is 0 Å². The number of nitrogens with zero attached hydrogens (tertiary/aromatic N) is 3. The normalized spacial score (nSPS) is 17.5. The zero-order valence-corrected chi connectivity index (χ0v) is 14.2. The van der Waals surface area contributed by atoms with E-state index in [-0.39, 0.29) is 17.7 Å².